The summed E-state index contributed by atoms with van der Waals surface area (Å²) in [6, 6.07) is 0.789. The Bertz CT molecular complexity index is 232. The quantitative estimate of drug-likeness (QED) is 0.738. The standard InChI is InChI=1S/C13H23NO2/c15-13(11-5-6-16-9-11)8-14(12-3-4-12)7-10-1-2-10/h10-13,15H,1-9H2. The Morgan fingerprint density at radius 2 is 2.00 bits per heavy atom. The highest BCUT2D eigenvalue weighted by atomic mass is 16.5. The first-order chi connectivity index (χ1) is 7.83. The van der Waals surface area contributed by atoms with Gasteiger partial charge in [0.25, 0.3) is 0 Å². The molecule has 2 unspecified atom stereocenters. The first kappa shape index (κ1) is 11.0. The van der Waals surface area contributed by atoms with E-state index < -0.39 is 0 Å². The van der Waals surface area contributed by atoms with Crippen molar-refractivity contribution < 1.29 is 9.84 Å². The highest BCUT2D eigenvalue weighted by Crippen LogP contribution is 2.35. The minimum absolute atomic E-state index is 0.165. The molecule has 0 aromatic carbocycles. The lowest BCUT2D eigenvalue weighted by Crippen LogP contribution is -2.39. The van der Waals surface area contributed by atoms with Crippen molar-refractivity contribution in [2.45, 2.75) is 44.2 Å². The van der Waals surface area contributed by atoms with Gasteiger partial charge < -0.3 is 9.84 Å². The van der Waals surface area contributed by atoms with Crippen LogP contribution in [-0.4, -0.2) is 48.5 Å². The van der Waals surface area contributed by atoms with E-state index in [0.717, 1.165) is 38.1 Å². The Morgan fingerprint density at radius 1 is 1.19 bits per heavy atom. The normalized spacial score (nSPS) is 32.2. The molecule has 92 valence electrons. The second-order valence-corrected chi connectivity index (χ2v) is 5.82. The summed E-state index contributed by atoms with van der Waals surface area (Å²) in [4.78, 5) is 2.54. The zero-order chi connectivity index (χ0) is 11.0. The van der Waals surface area contributed by atoms with Crippen LogP contribution in [-0.2, 0) is 4.74 Å². The fraction of sp³-hybridized carbons (Fsp3) is 1.00. The van der Waals surface area contributed by atoms with Gasteiger partial charge in [-0.3, -0.25) is 4.90 Å². The zero-order valence-corrected chi connectivity index (χ0v) is 9.98. The fourth-order valence-electron chi connectivity index (χ4n) is 2.69. The molecular weight excluding hydrogens is 202 g/mol. The second-order valence-electron chi connectivity index (χ2n) is 5.82. The van der Waals surface area contributed by atoms with E-state index in [1.807, 2.05) is 0 Å². The molecule has 1 saturated heterocycles. The largest absolute Gasteiger partial charge is 0.391 e. The van der Waals surface area contributed by atoms with E-state index in [4.69, 9.17) is 4.74 Å². The number of aliphatic hydroxyl groups is 1. The summed E-state index contributed by atoms with van der Waals surface area (Å²) in [6.07, 6.45) is 6.39. The van der Waals surface area contributed by atoms with Crippen LogP contribution in [0.5, 0.6) is 0 Å². The molecular formula is C13H23NO2. The zero-order valence-electron chi connectivity index (χ0n) is 9.98. The van der Waals surface area contributed by atoms with Gasteiger partial charge in [-0.25, -0.2) is 0 Å². The van der Waals surface area contributed by atoms with Crippen LogP contribution in [0.25, 0.3) is 0 Å². The van der Waals surface area contributed by atoms with Gasteiger partial charge in [0, 0.05) is 31.7 Å². The van der Waals surface area contributed by atoms with Crippen molar-refractivity contribution in [3.05, 3.63) is 0 Å². The number of rotatable bonds is 6. The summed E-state index contributed by atoms with van der Waals surface area (Å²) in [6.45, 7) is 3.72. The molecule has 3 fully saturated rings. The highest BCUT2D eigenvalue weighted by Gasteiger charge is 2.36. The maximum atomic E-state index is 10.2. The molecule has 3 aliphatic rings. The van der Waals surface area contributed by atoms with Crippen molar-refractivity contribution in [3.8, 4) is 0 Å². The van der Waals surface area contributed by atoms with Gasteiger partial charge in [-0.1, -0.05) is 0 Å². The van der Waals surface area contributed by atoms with E-state index in [1.54, 1.807) is 0 Å². The van der Waals surface area contributed by atoms with Gasteiger partial charge in [-0.15, -0.1) is 0 Å². The third-order valence-corrected chi connectivity index (χ3v) is 4.18. The average molecular weight is 225 g/mol. The Balaban J connectivity index is 1.48. The van der Waals surface area contributed by atoms with Gasteiger partial charge in [0.2, 0.25) is 0 Å². The molecule has 0 amide bonds. The lowest BCUT2D eigenvalue weighted by Gasteiger charge is -2.27. The average Bonchev–Trinajstić information content (AvgIpc) is 3.18. The van der Waals surface area contributed by atoms with Gasteiger partial charge in [0.05, 0.1) is 12.7 Å². The minimum atomic E-state index is -0.165. The molecule has 0 bridgehead atoms. The van der Waals surface area contributed by atoms with Crippen LogP contribution in [0.2, 0.25) is 0 Å². The summed E-state index contributed by atoms with van der Waals surface area (Å²) in [5, 5.41) is 10.2. The first-order valence-corrected chi connectivity index (χ1v) is 6.83. The van der Waals surface area contributed by atoms with E-state index in [2.05, 4.69) is 4.90 Å². The second kappa shape index (κ2) is 4.63. The first-order valence-electron chi connectivity index (χ1n) is 6.83. The number of hydrogen-bond acceptors (Lipinski definition) is 3. The molecule has 0 aromatic rings. The molecule has 1 aliphatic heterocycles. The fourth-order valence-corrected chi connectivity index (χ4v) is 2.69. The SMILES string of the molecule is OC(CN(CC1CC1)C1CC1)C1CCOC1. The molecule has 3 nitrogen and oxygen atoms in total. The van der Waals surface area contributed by atoms with Crippen LogP contribution >= 0.6 is 0 Å². The molecule has 0 radical (unpaired) electrons. The maximum Gasteiger partial charge on any atom is 0.0718 e. The van der Waals surface area contributed by atoms with Gasteiger partial charge in [-0.05, 0) is 38.0 Å². The van der Waals surface area contributed by atoms with Crippen LogP contribution in [0.3, 0.4) is 0 Å². The van der Waals surface area contributed by atoms with Crippen molar-refractivity contribution in [2.24, 2.45) is 11.8 Å². The molecule has 2 aliphatic carbocycles. The Morgan fingerprint density at radius 3 is 2.56 bits per heavy atom. The lowest BCUT2D eigenvalue weighted by molar-refractivity contribution is 0.0517. The molecule has 1 heterocycles. The predicted octanol–water partition coefficient (Wildman–Crippen LogP) is 1.26. The van der Waals surface area contributed by atoms with Gasteiger partial charge >= 0.3 is 0 Å². The Labute approximate surface area is 97.8 Å². The van der Waals surface area contributed by atoms with Crippen molar-refractivity contribution in [3.63, 3.8) is 0 Å². The topological polar surface area (TPSA) is 32.7 Å². The maximum absolute atomic E-state index is 10.2. The van der Waals surface area contributed by atoms with E-state index in [9.17, 15) is 5.11 Å². The van der Waals surface area contributed by atoms with E-state index in [-0.39, 0.29) is 6.10 Å². The van der Waals surface area contributed by atoms with Gasteiger partial charge in [0.1, 0.15) is 0 Å². The Kier molecular flexibility index (Phi) is 3.18. The molecule has 3 heteroatoms. The number of nitrogens with zero attached hydrogens (tertiary/aromatic N) is 1. The molecule has 1 N–H and O–H groups in total. The lowest BCUT2D eigenvalue weighted by atomic mass is 10.0. The number of hydrogen-bond donors (Lipinski definition) is 1. The molecule has 0 aromatic heterocycles. The third kappa shape index (κ3) is 2.76. The summed E-state index contributed by atoms with van der Waals surface area (Å²) >= 11 is 0. The van der Waals surface area contributed by atoms with E-state index >= 15 is 0 Å². The van der Waals surface area contributed by atoms with Crippen LogP contribution in [0.15, 0.2) is 0 Å². The third-order valence-electron chi connectivity index (χ3n) is 4.18. The van der Waals surface area contributed by atoms with Crippen LogP contribution in [0.1, 0.15) is 32.1 Å². The molecule has 0 spiro atoms. The van der Waals surface area contributed by atoms with Gasteiger partial charge in [0.15, 0.2) is 0 Å². The smallest absolute Gasteiger partial charge is 0.0718 e. The molecule has 16 heavy (non-hydrogen) atoms. The summed E-state index contributed by atoms with van der Waals surface area (Å²) in [7, 11) is 0. The number of aliphatic hydroxyl groups excluding tert-OH is 1. The van der Waals surface area contributed by atoms with Gasteiger partial charge in [-0.2, -0.15) is 0 Å². The number of ether oxygens (including phenoxy) is 1. The minimum Gasteiger partial charge on any atom is -0.391 e. The van der Waals surface area contributed by atoms with Crippen molar-refractivity contribution in [1.29, 1.82) is 0 Å². The van der Waals surface area contributed by atoms with Crippen molar-refractivity contribution in [2.75, 3.05) is 26.3 Å². The van der Waals surface area contributed by atoms with Crippen molar-refractivity contribution in [1.82, 2.24) is 4.90 Å². The molecule has 3 rings (SSSR count). The summed E-state index contributed by atoms with van der Waals surface area (Å²) < 4.78 is 5.35. The van der Waals surface area contributed by atoms with Crippen LogP contribution < -0.4 is 0 Å². The Hall–Kier alpha value is -0.120. The monoisotopic (exact) mass is 225 g/mol. The van der Waals surface area contributed by atoms with Crippen LogP contribution in [0.4, 0.5) is 0 Å². The predicted molar refractivity (Wildman–Crippen MR) is 62.3 cm³/mol. The highest BCUT2D eigenvalue weighted by molar-refractivity contribution is 4.90. The van der Waals surface area contributed by atoms with Crippen molar-refractivity contribution >= 4 is 0 Å². The molecule has 2 saturated carbocycles. The summed E-state index contributed by atoms with van der Waals surface area (Å²) in [5.41, 5.74) is 0. The van der Waals surface area contributed by atoms with Crippen LogP contribution in [0, 0.1) is 11.8 Å². The molecule has 2 atom stereocenters. The van der Waals surface area contributed by atoms with E-state index in [1.165, 1.54) is 32.2 Å². The van der Waals surface area contributed by atoms with E-state index in [0.29, 0.717) is 5.92 Å². The summed E-state index contributed by atoms with van der Waals surface area (Å²) in [5.74, 6) is 1.33.